The Labute approximate surface area is 82.8 Å². The first-order valence-corrected chi connectivity index (χ1v) is 5.37. The standard InChI is InChI=1S/C12H23N/c1-5-8-13-9-6-11(7-10-13)12(2,3)4/h5,11H,1,6-10H2,2-4H3. The Bertz CT molecular complexity index is 158. The van der Waals surface area contributed by atoms with Crippen molar-refractivity contribution in [3.8, 4) is 0 Å². The van der Waals surface area contributed by atoms with E-state index < -0.39 is 0 Å². The Morgan fingerprint density at radius 3 is 2.23 bits per heavy atom. The summed E-state index contributed by atoms with van der Waals surface area (Å²) in [5, 5.41) is 0. The fourth-order valence-corrected chi connectivity index (χ4v) is 2.16. The molecule has 0 atom stereocenters. The van der Waals surface area contributed by atoms with Gasteiger partial charge in [0.05, 0.1) is 0 Å². The Hall–Kier alpha value is -0.300. The van der Waals surface area contributed by atoms with E-state index >= 15 is 0 Å². The lowest BCUT2D eigenvalue weighted by Gasteiger charge is -2.38. The van der Waals surface area contributed by atoms with Gasteiger partial charge in [-0.15, -0.1) is 6.58 Å². The zero-order valence-electron chi connectivity index (χ0n) is 9.34. The summed E-state index contributed by atoms with van der Waals surface area (Å²) >= 11 is 0. The second-order valence-corrected chi connectivity index (χ2v) is 5.23. The van der Waals surface area contributed by atoms with Gasteiger partial charge in [-0.2, -0.15) is 0 Å². The number of nitrogens with zero attached hydrogens (tertiary/aromatic N) is 1. The van der Waals surface area contributed by atoms with Crippen LogP contribution in [0.3, 0.4) is 0 Å². The molecule has 76 valence electrons. The van der Waals surface area contributed by atoms with Gasteiger partial charge in [-0.05, 0) is 37.3 Å². The van der Waals surface area contributed by atoms with Crippen LogP contribution in [0.15, 0.2) is 12.7 Å². The largest absolute Gasteiger partial charge is 0.300 e. The average molecular weight is 181 g/mol. The predicted molar refractivity (Wildman–Crippen MR) is 58.8 cm³/mol. The third-order valence-electron chi connectivity index (χ3n) is 3.20. The van der Waals surface area contributed by atoms with Gasteiger partial charge in [0.2, 0.25) is 0 Å². The first kappa shape index (κ1) is 10.8. The first-order valence-electron chi connectivity index (χ1n) is 5.37. The van der Waals surface area contributed by atoms with Crippen molar-refractivity contribution in [1.82, 2.24) is 4.90 Å². The fourth-order valence-electron chi connectivity index (χ4n) is 2.16. The second kappa shape index (κ2) is 4.28. The highest BCUT2D eigenvalue weighted by Crippen LogP contribution is 2.33. The van der Waals surface area contributed by atoms with Crippen LogP contribution in [0.25, 0.3) is 0 Å². The minimum absolute atomic E-state index is 0.500. The molecule has 0 bridgehead atoms. The highest BCUT2D eigenvalue weighted by molar-refractivity contribution is 4.83. The van der Waals surface area contributed by atoms with E-state index in [-0.39, 0.29) is 0 Å². The lowest BCUT2D eigenvalue weighted by Crippen LogP contribution is -2.37. The maximum absolute atomic E-state index is 3.78. The van der Waals surface area contributed by atoms with E-state index in [9.17, 15) is 0 Å². The van der Waals surface area contributed by atoms with Crippen LogP contribution >= 0.6 is 0 Å². The molecule has 1 saturated heterocycles. The Morgan fingerprint density at radius 2 is 1.85 bits per heavy atom. The molecule has 1 heterocycles. The van der Waals surface area contributed by atoms with E-state index in [0.717, 1.165) is 12.5 Å². The van der Waals surface area contributed by atoms with Crippen LogP contribution in [0, 0.1) is 11.3 Å². The topological polar surface area (TPSA) is 3.24 Å². The minimum Gasteiger partial charge on any atom is -0.300 e. The van der Waals surface area contributed by atoms with Gasteiger partial charge in [0.15, 0.2) is 0 Å². The maximum Gasteiger partial charge on any atom is 0.0160 e. The molecule has 1 aliphatic rings. The molecular formula is C12H23N. The van der Waals surface area contributed by atoms with Crippen molar-refractivity contribution in [2.45, 2.75) is 33.6 Å². The Morgan fingerprint density at radius 1 is 1.31 bits per heavy atom. The summed E-state index contributed by atoms with van der Waals surface area (Å²) in [6, 6.07) is 0. The molecule has 1 nitrogen and oxygen atoms in total. The Balaban J connectivity index is 2.34. The third-order valence-corrected chi connectivity index (χ3v) is 3.20. The van der Waals surface area contributed by atoms with Crippen LogP contribution in [-0.2, 0) is 0 Å². The summed E-state index contributed by atoms with van der Waals surface area (Å²) in [4.78, 5) is 2.50. The highest BCUT2D eigenvalue weighted by atomic mass is 15.1. The molecule has 0 saturated carbocycles. The van der Waals surface area contributed by atoms with Gasteiger partial charge in [-0.3, -0.25) is 4.90 Å². The van der Waals surface area contributed by atoms with Gasteiger partial charge in [0.1, 0.15) is 0 Å². The molecule has 1 fully saturated rings. The third kappa shape index (κ3) is 3.15. The van der Waals surface area contributed by atoms with Gasteiger partial charge in [-0.1, -0.05) is 26.8 Å². The molecule has 0 aromatic heterocycles. The molecule has 1 heteroatoms. The molecule has 1 rings (SSSR count). The van der Waals surface area contributed by atoms with Crippen LogP contribution in [0.2, 0.25) is 0 Å². The average Bonchev–Trinajstić information content (AvgIpc) is 2.04. The van der Waals surface area contributed by atoms with E-state index in [2.05, 4.69) is 32.3 Å². The molecule has 0 amide bonds. The highest BCUT2D eigenvalue weighted by Gasteiger charge is 2.27. The van der Waals surface area contributed by atoms with Gasteiger partial charge >= 0.3 is 0 Å². The summed E-state index contributed by atoms with van der Waals surface area (Å²) in [6.45, 7) is 14.4. The molecule has 0 aromatic carbocycles. The summed E-state index contributed by atoms with van der Waals surface area (Å²) in [5.74, 6) is 0.911. The predicted octanol–water partition coefficient (Wildman–Crippen LogP) is 2.93. The molecule has 0 N–H and O–H groups in total. The number of hydrogen-bond donors (Lipinski definition) is 0. The van der Waals surface area contributed by atoms with Crippen LogP contribution < -0.4 is 0 Å². The van der Waals surface area contributed by atoms with E-state index in [0.29, 0.717) is 5.41 Å². The summed E-state index contributed by atoms with van der Waals surface area (Å²) in [6.07, 6.45) is 4.73. The number of likely N-dealkylation sites (tertiary alicyclic amines) is 1. The van der Waals surface area contributed by atoms with Crippen molar-refractivity contribution in [3.63, 3.8) is 0 Å². The van der Waals surface area contributed by atoms with Gasteiger partial charge < -0.3 is 0 Å². The lowest BCUT2D eigenvalue weighted by atomic mass is 9.75. The maximum atomic E-state index is 3.78. The van der Waals surface area contributed by atoms with Crippen molar-refractivity contribution in [2.24, 2.45) is 11.3 Å². The molecule has 0 spiro atoms. The van der Waals surface area contributed by atoms with Crippen LogP contribution in [-0.4, -0.2) is 24.5 Å². The minimum atomic E-state index is 0.500. The zero-order valence-corrected chi connectivity index (χ0v) is 9.34. The lowest BCUT2D eigenvalue weighted by molar-refractivity contribution is 0.120. The van der Waals surface area contributed by atoms with E-state index in [1.54, 1.807) is 0 Å². The smallest absolute Gasteiger partial charge is 0.0160 e. The van der Waals surface area contributed by atoms with Gasteiger partial charge in [-0.25, -0.2) is 0 Å². The monoisotopic (exact) mass is 181 g/mol. The number of rotatable bonds is 2. The SMILES string of the molecule is C=CCN1CCC(C(C)(C)C)CC1. The van der Waals surface area contributed by atoms with Gasteiger partial charge in [0.25, 0.3) is 0 Å². The van der Waals surface area contributed by atoms with Crippen molar-refractivity contribution in [1.29, 1.82) is 0 Å². The van der Waals surface area contributed by atoms with E-state index in [4.69, 9.17) is 0 Å². The van der Waals surface area contributed by atoms with Gasteiger partial charge in [0, 0.05) is 6.54 Å². The number of piperidine rings is 1. The van der Waals surface area contributed by atoms with Crippen molar-refractivity contribution in [2.75, 3.05) is 19.6 Å². The summed E-state index contributed by atoms with van der Waals surface area (Å²) < 4.78 is 0. The molecule has 0 aliphatic carbocycles. The summed E-state index contributed by atoms with van der Waals surface area (Å²) in [7, 11) is 0. The van der Waals surface area contributed by atoms with Crippen molar-refractivity contribution in [3.05, 3.63) is 12.7 Å². The molecule has 1 aliphatic heterocycles. The van der Waals surface area contributed by atoms with Crippen LogP contribution in [0.5, 0.6) is 0 Å². The molecule has 0 aromatic rings. The van der Waals surface area contributed by atoms with Crippen molar-refractivity contribution >= 4 is 0 Å². The fraction of sp³-hybridized carbons (Fsp3) is 0.833. The molecular weight excluding hydrogens is 158 g/mol. The first-order chi connectivity index (χ1) is 6.04. The molecule has 13 heavy (non-hydrogen) atoms. The molecule has 0 unspecified atom stereocenters. The number of hydrogen-bond acceptors (Lipinski definition) is 1. The normalized spacial score (nSPS) is 21.8. The quantitative estimate of drug-likeness (QED) is 0.592. The second-order valence-electron chi connectivity index (χ2n) is 5.23. The van der Waals surface area contributed by atoms with E-state index in [1.165, 1.54) is 25.9 Å². The summed E-state index contributed by atoms with van der Waals surface area (Å²) in [5.41, 5.74) is 0.500. The van der Waals surface area contributed by atoms with Crippen LogP contribution in [0.4, 0.5) is 0 Å². The molecule has 0 radical (unpaired) electrons. The zero-order chi connectivity index (χ0) is 9.90. The van der Waals surface area contributed by atoms with E-state index in [1.807, 2.05) is 6.08 Å². The Kier molecular flexibility index (Phi) is 3.55. The van der Waals surface area contributed by atoms with Crippen LogP contribution in [0.1, 0.15) is 33.6 Å². The van der Waals surface area contributed by atoms with Crippen molar-refractivity contribution < 1.29 is 0 Å².